The molecule has 1 saturated heterocycles. The first-order chi connectivity index (χ1) is 10.4. The standard InChI is InChI=1S/C9H10B2FN2O8P/c10-9(11,22-23(18,19)20)6-5(16)4(12)7(21-6)14-2-1-3(15)13-8(14)17/h1-2,4-7,16H,(H,13,15,17)(H2,18,19,20). The van der Waals surface area contributed by atoms with E-state index in [1.165, 1.54) is 0 Å². The lowest BCUT2D eigenvalue weighted by molar-refractivity contribution is -0.0725. The highest BCUT2D eigenvalue weighted by Gasteiger charge is 2.53. The van der Waals surface area contributed by atoms with Gasteiger partial charge in [-0.1, -0.05) is 0 Å². The minimum atomic E-state index is -5.17. The summed E-state index contributed by atoms with van der Waals surface area (Å²) in [6.45, 7) is 0. The number of halogens is 1. The molecule has 2 rings (SSSR count). The second-order valence-electron chi connectivity index (χ2n) is 4.84. The number of aliphatic hydroxyl groups excluding tert-OH is 1. The lowest BCUT2D eigenvalue weighted by Gasteiger charge is -2.33. The lowest BCUT2D eigenvalue weighted by atomic mass is 9.61. The van der Waals surface area contributed by atoms with Gasteiger partial charge in [0.05, 0.1) is 0 Å². The topological polar surface area (TPSA) is 151 Å². The van der Waals surface area contributed by atoms with Crippen molar-refractivity contribution in [1.82, 2.24) is 9.55 Å². The number of hydrogen-bond donors (Lipinski definition) is 4. The average molecular weight is 346 g/mol. The number of phosphoric ester groups is 1. The Kier molecular flexibility index (Phi) is 4.73. The van der Waals surface area contributed by atoms with Gasteiger partial charge < -0.3 is 19.6 Å². The summed E-state index contributed by atoms with van der Waals surface area (Å²) in [5.74, 6) is 0. The zero-order chi connectivity index (χ0) is 17.6. The van der Waals surface area contributed by atoms with Crippen molar-refractivity contribution in [3.05, 3.63) is 33.1 Å². The number of nitrogens with zero attached hydrogens (tertiary/aromatic N) is 1. The van der Waals surface area contributed by atoms with Gasteiger partial charge in [-0.25, -0.2) is 13.8 Å². The van der Waals surface area contributed by atoms with Crippen LogP contribution in [-0.4, -0.2) is 63.9 Å². The lowest BCUT2D eigenvalue weighted by Crippen LogP contribution is -2.51. The predicted octanol–water partition coefficient (Wildman–Crippen LogP) is -2.77. The summed E-state index contributed by atoms with van der Waals surface area (Å²) >= 11 is 0. The van der Waals surface area contributed by atoms with Crippen LogP contribution in [0.15, 0.2) is 21.9 Å². The summed E-state index contributed by atoms with van der Waals surface area (Å²) < 4.78 is 34.7. The number of aliphatic hydroxyl groups is 1. The molecule has 1 fully saturated rings. The van der Waals surface area contributed by atoms with Gasteiger partial charge in [-0.05, 0) is 0 Å². The Balaban J connectivity index is 2.33. The van der Waals surface area contributed by atoms with Gasteiger partial charge in [-0.15, -0.1) is 0 Å². The number of nitrogens with one attached hydrogen (secondary N) is 1. The van der Waals surface area contributed by atoms with Crippen molar-refractivity contribution >= 4 is 23.5 Å². The maximum Gasteiger partial charge on any atom is 0.468 e. The molecule has 1 aliphatic rings. The van der Waals surface area contributed by atoms with E-state index < -0.39 is 49.1 Å². The van der Waals surface area contributed by atoms with Crippen LogP contribution in [0.25, 0.3) is 0 Å². The number of alkyl halides is 1. The van der Waals surface area contributed by atoms with Crippen LogP contribution in [0.1, 0.15) is 6.23 Å². The van der Waals surface area contributed by atoms with Crippen molar-refractivity contribution in [3.63, 3.8) is 0 Å². The molecule has 4 radical (unpaired) electrons. The van der Waals surface area contributed by atoms with E-state index in [4.69, 9.17) is 30.2 Å². The molecule has 4 unspecified atom stereocenters. The first-order valence-corrected chi connectivity index (χ1v) is 7.58. The SMILES string of the molecule is [B]C([B])(OP(=O)(O)O)C1OC(n2ccc(=O)[nH]c2=O)C(F)C1O. The molecule has 4 atom stereocenters. The van der Waals surface area contributed by atoms with E-state index in [1.54, 1.807) is 0 Å². The van der Waals surface area contributed by atoms with E-state index >= 15 is 0 Å². The largest absolute Gasteiger partial charge is 0.468 e. The second kappa shape index (κ2) is 6.00. The van der Waals surface area contributed by atoms with Gasteiger partial charge in [0.2, 0.25) is 0 Å². The molecule has 0 aromatic carbocycles. The maximum atomic E-state index is 14.2. The summed E-state index contributed by atoms with van der Waals surface area (Å²) in [5.41, 5.74) is -1.78. The van der Waals surface area contributed by atoms with Crippen LogP contribution in [0.5, 0.6) is 0 Å². The Labute approximate surface area is 130 Å². The highest BCUT2D eigenvalue weighted by molar-refractivity contribution is 7.46. The smallest absolute Gasteiger partial charge is 0.387 e. The van der Waals surface area contributed by atoms with Gasteiger partial charge in [-0.3, -0.25) is 18.9 Å². The molecular weight excluding hydrogens is 336 g/mol. The molecule has 1 aliphatic heterocycles. The highest BCUT2D eigenvalue weighted by Crippen LogP contribution is 2.44. The summed E-state index contributed by atoms with van der Waals surface area (Å²) in [5, 5.41) is 7.04. The number of aromatic amines is 1. The minimum Gasteiger partial charge on any atom is -0.387 e. The number of hydrogen-bond acceptors (Lipinski definition) is 6. The number of ether oxygens (including phenoxy) is 1. The van der Waals surface area contributed by atoms with Crippen LogP contribution >= 0.6 is 7.82 Å². The fourth-order valence-electron chi connectivity index (χ4n) is 2.12. The number of H-pyrrole nitrogens is 1. The van der Waals surface area contributed by atoms with Crippen molar-refractivity contribution in [3.8, 4) is 0 Å². The summed E-state index contributed by atoms with van der Waals surface area (Å²) in [7, 11) is 5.49. The first-order valence-electron chi connectivity index (χ1n) is 6.05. The van der Waals surface area contributed by atoms with E-state index in [9.17, 15) is 23.7 Å². The molecule has 14 heteroatoms. The Bertz CT molecular complexity index is 748. The van der Waals surface area contributed by atoms with E-state index in [1.807, 2.05) is 4.98 Å². The van der Waals surface area contributed by atoms with Gasteiger partial charge in [-0.2, -0.15) is 0 Å². The van der Waals surface area contributed by atoms with Crippen LogP contribution in [0.4, 0.5) is 4.39 Å². The van der Waals surface area contributed by atoms with Crippen molar-refractivity contribution < 1.29 is 33.1 Å². The summed E-state index contributed by atoms with van der Waals surface area (Å²) in [6, 6.07) is 0.904. The van der Waals surface area contributed by atoms with Crippen LogP contribution in [0.2, 0.25) is 0 Å². The number of aromatic nitrogens is 2. The Morgan fingerprint density at radius 2 is 2.04 bits per heavy atom. The second-order valence-corrected chi connectivity index (χ2v) is 6.00. The van der Waals surface area contributed by atoms with Crippen LogP contribution in [0.3, 0.4) is 0 Å². The zero-order valence-electron chi connectivity index (χ0n) is 11.3. The predicted molar refractivity (Wildman–Crippen MR) is 73.5 cm³/mol. The van der Waals surface area contributed by atoms with Crippen molar-refractivity contribution in [1.29, 1.82) is 0 Å². The van der Waals surface area contributed by atoms with Crippen molar-refractivity contribution in [2.24, 2.45) is 0 Å². The monoisotopic (exact) mass is 346 g/mol. The fraction of sp³-hybridized carbons (Fsp3) is 0.556. The molecule has 0 aliphatic carbocycles. The van der Waals surface area contributed by atoms with Gasteiger partial charge in [0.15, 0.2) is 12.4 Å². The Morgan fingerprint density at radius 3 is 2.57 bits per heavy atom. The first kappa shape index (κ1) is 18.1. The third-order valence-corrected chi connectivity index (χ3v) is 3.60. The molecular formula is C9H10B2FN2O8P. The molecule has 0 amide bonds. The average Bonchev–Trinajstić information content (AvgIpc) is 2.65. The third kappa shape index (κ3) is 3.82. The van der Waals surface area contributed by atoms with Crippen LogP contribution < -0.4 is 11.2 Å². The fourth-order valence-corrected chi connectivity index (χ4v) is 2.64. The molecule has 122 valence electrons. The number of rotatable bonds is 4. The van der Waals surface area contributed by atoms with E-state index in [0.29, 0.717) is 4.57 Å². The Morgan fingerprint density at radius 1 is 1.43 bits per heavy atom. The third-order valence-electron chi connectivity index (χ3n) is 3.04. The van der Waals surface area contributed by atoms with Crippen molar-refractivity contribution in [2.45, 2.75) is 30.0 Å². The highest BCUT2D eigenvalue weighted by atomic mass is 31.2. The molecule has 0 saturated carbocycles. The van der Waals surface area contributed by atoms with E-state index in [-0.39, 0.29) is 0 Å². The summed E-state index contributed by atoms with van der Waals surface area (Å²) in [4.78, 5) is 41.9. The van der Waals surface area contributed by atoms with E-state index in [2.05, 4.69) is 4.52 Å². The molecule has 4 N–H and O–H groups in total. The molecule has 1 aromatic heterocycles. The molecule has 23 heavy (non-hydrogen) atoms. The number of phosphoric acid groups is 1. The van der Waals surface area contributed by atoms with Gasteiger partial charge in [0, 0.05) is 17.7 Å². The molecule has 10 nitrogen and oxygen atoms in total. The van der Waals surface area contributed by atoms with Crippen molar-refractivity contribution in [2.75, 3.05) is 0 Å². The normalized spacial score (nSPS) is 28.9. The van der Waals surface area contributed by atoms with Crippen LogP contribution in [0, 0.1) is 0 Å². The van der Waals surface area contributed by atoms with Crippen LogP contribution in [-0.2, 0) is 13.8 Å². The summed E-state index contributed by atoms with van der Waals surface area (Å²) in [6.07, 6.45) is -7.04. The minimum absolute atomic E-state index is 0.614. The quantitative estimate of drug-likeness (QED) is 0.338. The van der Waals surface area contributed by atoms with Gasteiger partial charge >= 0.3 is 13.5 Å². The van der Waals surface area contributed by atoms with Gasteiger partial charge in [0.25, 0.3) is 5.56 Å². The zero-order valence-corrected chi connectivity index (χ0v) is 12.2. The maximum absolute atomic E-state index is 14.2. The molecule has 0 spiro atoms. The molecule has 2 heterocycles. The Hall–Kier alpha value is -1.23. The molecule has 1 aromatic rings. The molecule has 0 bridgehead atoms. The van der Waals surface area contributed by atoms with E-state index in [0.717, 1.165) is 12.3 Å². The van der Waals surface area contributed by atoms with Gasteiger partial charge in [0.1, 0.15) is 27.9 Å².